The van der Waals surface area contributed by atoms with Crippen molar-refractivity contribution in [1.82, 2.24) is 4.98 Å². The van der Waals surface area contributed by atoms with Crippen molar-refractivity contribution in [3.63, 3.8) is 0 Å². The molecule has 98 valence electrons. The zero-order chi connectivity index (χ0) is 13.0. The van der Waals surface area contributed by atoms with E-state index in [1.165, 1.54) is 24.0 Å². The van der Waals surface area contributed by atoms with Gasteiger partial charge in [-0.2, -0.15) is 0 Å². The maximum atomic E-state index is 11.5. The third-order valence-electron chi connectivity index (χ3n) is 2.66. The minimum Gasteiger partial charge on any atom is -0.437 e. The molecule has 1 aliphatic heterocycles. The standard InChI is InChI=1S/C11H14N2O4S/c1-16-11(15)17-9(14)8-7-12-10(18-8)13-5-3-2-4-6-13/h7H,2-6H2,1H3. The van der Waals surface area contributed by atoms with Crippen molar-refractivity contribution >= 4 is 28.6 Å². The normalized spacial score (nSPS) is 15.3. The van der Waals surface area contributed by atoms with Crippen LogP contribution in [-0.4, -0.2) is 37.3 Å². The fourth-order valence-corrected chi connectivity index (χ4v) is 2.60. The van der Waals surface area contributed by atoms with Gasteiger partial charge in [-0.25, -0.2) is 14.6 Å². The molecule has 0 aromatic carbocycles. The highest BCUT2D eigenvalue weighted by atomic mass is 32.1. The number of thiazole rings is 1. The van der Waals surface area contributed by atoms with Crippen LogP contribution in [0.2, 0.25) is 0 Å². The van der Waals surface area contributed by atoms with Gasteiger partial charge in [0.2, 0.25) is 0 Å². The van der Waals surface area contributed by atoms with Crippen LogP contribution in [-0.2, 0) is 9.47 Å². The minimum atomic E-state index is -1.01. The Kier molecular flexibility index (Phi) is 4.14. The first kappa shape index (κ1) is 12.8. The summed E-state index contributed by atoms with van der Waals surface area (Å²) in [7, 11) is 1.15. The zero-order valence-corrected chi connectivity index (χ0v) is 10.9. The Morgan fingerprint density at radius 2 is 2.06 bits per heavy atom. The molecule has 1 fully saturated rings. The predicted molar refractivity (Wildman–Crippen MR) is 66.0 cm³/mol. The number of nitrogens with zero attached hydrogens (tertiary/aromatic N) is 2. The first-order valence-electron chi connectivity index (χ1n) is 5.71. The molecule has 1 aliphatic rings. The lowest BCUT2D eigenvalue weighted by Gasteiger charge is -2.25. The third kappa shape index (κ3) is 2.98. The highest BCUT2D eigenvalue weighted by Crippen LogP contribution is 2.25. The molecule has 0 unspecified atom stereocenters. The number of ether oxygens (including phenoxy) is 2. The number of aromatic nitrogens is 1. The van der Waals surface area contributed by atoms with Crippen molar-refractivity contribution in [3.05, 3.63) is 11.1 Å². The van der Waals surface area contributed by atoms with Crippen LogP contribution >= 0.6 is 11.3 Å². The Balaban J connectivity index is 2.00. The van der Waals surface area contributed by atoms with Gasteiger partial charge in [0, 0.05) is 13.1 Å². The molecule has 6 nitrogen and oxygen atoms in total. The molecule has 0 aliphatic carbocycles. The fourth-order valence-electron chi connectivity index (χ4n) is 1.76. The van der Waals surface area contributed by atoms with Crippen molar-refractivity contribution in [2.75, 3.05) is 25.1 Å². The molecule has 2 heterocycles. The fraction of sp³-hybridized carbons (Fsp3) is 0.545. The molecule has 0 amide bonds. The first-order valence-corrected chi connectivity index (χ1v) is 6.53. The van der Waals surface area contributed by atoms with E-state index in [0.29, 0.717) is 4.88 Å². The van der Waals surface area contributed by atoms with Gasteiger partial charge in [-0.15, -0.1) is 0 Å². The van der Waals surface area contributed by atoms with E-state index in [4.69, 9.17) is 0 Å². The summed E-state index contributed by atoms with van der Waals surface area (Å²) in [6.45, 7) is 1.91. The largest absolute Gasteiger partial charge is 0.516 e. The Morgan fingerprint density at radius 1 is 1.33 bits per heavy atom. The number of rotatable bonds is 2. The van der Waals surface area contributed by atoms with E-state index < -0.39 is 12.1 Å². The molecule has 1 saturated heterocycles. The summed E-state index contributed by atoms with van der Waals surface area (Å²) >= 11 is 1.23. The lowest BCUT2D eigenvalue weighted by molar-refractivity contribution is 0.0456. The van der Waals surface area contributed by atoms with Crippen LogP contribution in [0.1, 0.15) is 28.9 Å². The Labute approximate surface area is 109 Å². The van der Waals surface area contributed by atoms with E-state index in [1.807, 2.05) is 0 Å². The van der Waals surface area contributed by atoms with Gasteiger partial charge in [0.05, 0.1) is 13.3 Å². The van der Waals surface area contributed by atoms with Crippen molar-refractivity contribution in [2.24, 2.45) is 0 Å². The van der Waals surface area contributed by atoms with Gasteiger partial charge in [-0.1, -0.05) is 11.3 Å². The van der Waals surface area contributed by atoms with E-state index in [9.17, 15) is 9.59 Å². The van der Waals surface area contributed by atoms with Gasteiger partial charge in [0.25, 0.3) is 0 Å². The molecule has 0 spiro atoms. The molecule has 1 aromatic heterocycles. The number of carbonyl (C=O) groups is 2. The smallest absolute Gasteiger partial charge is 0.437 e. The first-order chi connectivity index (χ1) is 8.70. The summed E-state index contributed by atoms with van der Waals surface area (Å²) in [6.07, 6.45) is 3.94. The number of carbonyl (C=O) groups excluding carboxylic acids is 2. The van der Waals surface area contributed by atoms with Crippen LogP contribution in [0.15, 0.2) is 6.20 Å². The van der Waals surface area contributed by atoms with Crippen molar-refractivity contribution in [3.8, 4) is 0 Å². The summed E-state index contributed by atoms with van der Waals surface area (Å²) in [5, 5.41) is 0.798. The number of hydrogen-bond donors (Lipinski definition) is 0. The van der Waals surface area contributed by atoms with Gasteiger partial charge in [0.1, 0.15) is 4.88 Å². The zero-order valence-electron chi connectivity index (χ0n) is 10.0. The van der Waals surface area contributed by atoms with Crippen LogP contribution in [0.4, 0.5) is 9.93 Å². The number of esters is 1. The van der Waals surface area contributed by atoms with Crippen molar-refractivity contribution in [1.29, 1.82) is 0 Å². The molecule has 0 N–H and O–H groups in total. The second-order valence-electron chi connectivity index (χ2n) is 3.90. The summed E-state index contributed by atoms with van der Waals surface area (Å²) in [6, 6.07) is 0. The molecule has 0 bridgehead atoms. The SMILES string of the molecule is COC(=O)OC(=O)c1cnc(N2CCCCC2)s1. The van der Waals surface area contributed by atoms with E-state index in [0.717, 1.165) is 38.2 Å². The molecule has 18 heavy (non-hydrogen) atoms. The van der Waals surface area contributed by atoms with Gasteiger partial charge in [-0.3, -0.25) is 0 Å². The highest BCUT2D eigenvalue weighted by molar-refractivity contribution is 7.17. The summed E-state index contributed by atoms with van der Waals surface area (Å²) in [5.41, 5.74) is 0. The van der Waals surface area contributed by atoms with Crippen LogP contribution in [0, 0.1) is 0 Å². The molecule has 0 atom stereocenters. The molecule has 7 heteroatoms. The van der Waals surface area contributed by atoms with Gasteiger partial charge in [-0.05, 0) is 19.3 Å². The Hall–Kier alpha value is -1.63. The lowest BCUT2D eigenvalue weighted by atomic mass is 10.1. The summed E-state index contributed by atoms with van der Waals surface area (Å²) < 4.78 is 8.70. The van der Waals surface area contributed by atoms with Gasteiger partial charge in [0.15, 0.2) is 5.13 Å². The Bertz CT molecular complexity index is 440. The predicted octanol–water partition coefficient (Wildman–Crippen LogP) is 2.06. The topological polar surface area (TPSA) is 68.7 Å². The second-order valence-corrected chi connectivity index (χ2v) is 4.91. The summed E-state index contributed by atoms with van der Waals surface area (Å²) in [5.74, 6) is -0.720. The molecule has 2 rings (SSSR count). The van der Waals surface area contributed by atoms with Crippen LogP contribution in [0.25, 0.3) is 0 Å². The molecule has 1 aromatic rings. The summed E-state index contributed by atoms with van der Waals surface area (Å²) in [4.78, 5) is 29.0. The van der Waals surface area contributed by atoms with Crippen LogP contribution < -0.4 is 4.90 Å². The minimum absolute atomic E-state index is 0.306. The quantitative estimate of drug-likeness (QED) is 0.605. The Morgan fingerprint density at radius 3 is 2.72 bits per heavy atom. The van der Waals surface area contributed by atoms with Gasteiger partial charge >= 0.3 is 12.1 Å². The maximum Gasteiger partial charge on any atom is 0.516 e. The second kappa shape index (κ2) is 5.81. The number of piperidine rings is 1. The number of methoxy groups -OCH3 is 1. The number of hydrogen-bond acceptors (Lipinski definition) is 7. The molecule has 0 radical (unpaired) electrons. The number of anilines is 1. The molecular weight excluding hydrogens is 256 g/mol. The van der Waals surface area contributed by atoms with Crippen molar-refractivity contribution < 1.29 is 19.1 Å². The average molecular weight is 270 g/mol. The van der Waals surface area contributed by atoms with E-state index in [2.05, 4.69) is 19.4 Å². The average Bonchev–Trinajstić information content (AvgIpc) is 2.89. The monoisotopic (exact) mass is 270 g/mol. The van der Waals surface area contributed by atoms with Gasteiger partial charge < -0.3 is 14.4 Å². The van der Waals surface area contributed by atoms with Crippen LogP contribution in [0.5, 0.6) is 0 Å². The van der Waals surface area contributed by atoms with Crippen molar-refractivity contribution in [2.45, 2.75) is 19.3 Å². The van der Waals surface area contributed by atoms with E-state index >= 15 is 0 Å². The van der Waals surface area contributed by atoms with E-state index in [-0.39, 0.29) is 0 Å². The maximum absolute atomic E-state index is 11.5. The third-order valence-corrected chi connectivity index (χ3v) is 3.70. The molecular formula is C11H14N2O4S. The van der Waals surface area contributed by atoms with Crippen LogP contribution in [0.3, 0.4) is 0 Å². The highest BCUT2D eigenvalue weighted by Gasteiger charge is 2.19. The molecule has 0 saturated carbocycles. The van der Waals surface area contributed by atoms with E-state index in [1.54, 1.807) is 0 Å². The lowest BCUT2D eigenvalue weighted by Crippen LogP contribution is -2.29.